The summed E-state index contributed by atoms with van der Waals surface area (Å²) in [4.78, 5) is 16.0. The van der Waals surface area contributed by atoms with Crippen LogP contribution in [0.25, 0.3) is 22.6 Å². The van der Waals surface area contributed by atoms with Gasteiger partial charge in [0.25, 0.3) is 0 Å². The monoisotopic (exact) mass is 295 g/mol. The summed E-state index contributed by atoms with van der Waals surface area (Å²) < 4.78 is 5.74. The molecular weight excluding hydrogens is 278 g/mol. The first-order chi connectivity index (χ1) is 10.6. The Morgan fingerprint density at radius 1 is 1.18 bits per heavy atom. The standard InChI is InChI=1S/C18H17NO3/c1-11(2)12-3-5-13(6-4-12)18-19-15-8-7-14(16(21)10-20)9-17(15)22-18/h3-9,11,20H,10H2,1-2H3. The van der Waals surface area contributed by atoms with Crippen LogP contribution < -0.4 is 0 Å². The molecule has 4 heteroatoms. The molecule has 0 radical (unpaired) electrons. The minimum absolute atomic E-state index is 0.332. The molecule has 0 fully saturated rings. The lowest BCUT2D eigenvalue weighted by atomic mass is 10.0. The van der Waals surface area contributed by atoms with Gasteiger partial charge < -0.3 is 9.52 Å². The predicted molar refractivity (Wildman–Crippen MR) is 85.0 cm³/mol. The van der Waals surface area contributed by atoms with E-state index in [0.29, 0.717) is 28.5 Å². The Hall–Kier alpha value is -2.46. The number of rotatable bonds is 4. The molecule has 0 amide bonds. The Kier molecular flexibility index (Phi) is 3.77. The molecule has 0 spiro atoms. The molecule has 0 unspecified atom stereocenters. The van der Waals surface area contributed by atoms with E-state index in [0.717, 1.165) is 5.56 Å². The molecular formula is C18H17NO3. The van der Waals surface area contributed by atoms with E-state index in [4.69, 9.17) is 9.52 Å². The molecule has 22 heavy (non-hydrogen) atoms. The molecule has 1 N–H and O–H groups in total. The fourth-order valence-corrected chi connectivity index (χ4v) is 2.32. The number of Topliss-reactive ketones (excluding diaryl/α,β-unsaturated/α-hetero) is 1. The largest absolute Gasteiger partial charge is 0.436 e. The van der Waals surface area contributed by atoms with Gasteiger partial charge in [-0.25, -0.2) is 4.98 Å². The van der Waals surface area contributed by atoms with Crippen molar-refractivity contribution in [3.05, 3.63) is 53.6 Å². The summed E-state index contributed by atoms with van der Waals surface area (Å²) in [6.45, 7) is 3.78. The fourth-order valence-electron chi connectivity index (χ4n) is 2.32. The Morgan fingerprint density at radius 3 is 2.55 bits per heavy atom. The Labute approximate surface area is 128 Å². The molecule has 1 aromatic heterocycles. The van der Waals surface area contributed by atoms with Crippen LogP contribution in [0.3, 0.4) is 0 Å². The zero-order chi connectivity index (χ0) is 15.7. The van der Waals surface area contributed by atoms with Crippen LogP contribution in [0.2, 0.25) is 0 Å². The lowest BCUT2D eigenvalue weighted by Gasteiger charge is -2.04. The first kappa shape index (κ1) is 14.5. The molecule has 112 valence electrons. The third kappa shape index (κ3) is 2.65. The van der Waals surface area contributed by atoms with E-state index >= 15 is 0 Å². The van der Waals surface area contributed by atoms with E-state index in [1.807, 2.05) is 12.1 Å². The Bertz CT molecular complexity index is 816. The maximum atomic E-state index is 11.5. The van der Waals surface area contributed by atoms with Crippen molar-refractivity contribution in [1.29, 1.82) is 0 Å². The molecule has 4 nitrogen and oxygen atoms in total. The van der Waals surface area contributed by atoms with E-state index in [-0.39, 0.29) is 5.78 Å². The van der Waals surface area contributed by atoms with Gasteiger partial charge >= 0.3 is 0 Å². The van der Waals surface area contributed by atoms with Crippen LogP contribution in [-0.4, -0.2) is 22.5 Å². The third-order valence-corrected chi connectivity index (χ3v) is 3.68. The lowest BCUT2D eigenvalue weighted by molar-refractivity contribution is 0.0904. The summed E-state index contributed by atoms with van der Waals surface area (Å²) in [5.41, 5.74) is 3.82. The van der Waals surface area contributed by atoms with Gasteiger partial charge in [0, 0.05) is 11.1 Å². The highest BCUT2D eigenvalue weighted by molar-refractivity contribution is 5.99. The average molecular weight is 295 g/mol. The summed E-state index contributed by atoms with van der Waals surface area (Å²) in [6.07, 6.45) is 0. The summed E-state index contributed by atoms with van der Waals surface area (Å²) in [6, 6.07) is 13.1. The molecule has 0 saturated carbocycles. The second kappa shape index (κ2) is 5.73. The second-order valence-electron chi connectivity index (χ2n) is 5.56. The zero-order valence-electron chi connectivity index (χ0n) is 12.5. The number of ketones is 1. The number of aliphatic hydroxyl groups excluding tert-OH is 1. The molecule has 1 heterocycles. The van der Waals surface area contributed by atoms with Gasteiger partial charge in [0.05, 0.1) is 0 Å². The second-order valence-corrected chi connectivity index (χ2v) is 5.56. The average Bonchev–Trinajstić information content (AvgIpc) is 2.97. The molecule has 2 aromatic carbocycles. The number of oxazole rings is 1. The third-order valence-electron chi connectivity index (χ3n) is 3.68. The molecule has 0 bridgehead atoms. The number of carbonyl (C=O) groups is 1. The highest BCUT2D eigenvalue weighted by Crippen LogP contribution is 2.26. The van der Waals surface area contributed by atoms with Gasteiger partial charge in [-0.15, -0.1) is 0 Å². The van der Waals surface area contributed by atoms with Crippen molar-refractivity contribution in [1.82, 2.24) is 4.98 Å². The van der Waals surface area contributed by atoms with Gasteiger partial charge in [-0.05, 0) is 41.8 Å². The minimum Gasteiger partial charge on any atom is -0.436 e. The number of carbonyl (C=O) groups excluding carboxylic acids is 1. The van der Waals surface area contributed by atoms with E-state index < -0.39 is 6.61 Å². The van der Waals surface area contributed by atoms with Crippen molar-refractivity contribution >= 4 is 16.9 Å². The molecule has 0 aliphatic carbocycles. The minimum atomic E-state index is -0.511. The smallest absolute Gasteiger partial charge is 0.227 e. The van der Waals surface area contributed by atoms with Crippen LogP contribution in [0, 0.1) is 0 Å². The van der Waals surface area contributed by atoms with Crippen LogP contribution in [-0.2, 0) is 0 Å². The SMILES string of the molecule is CC(C)c1ccc(-c2nc3ccc(C(=O)CO)cc3o2)cc1. The van der Waals surface area contributed by atoms with Crippen molar-refractivity contribution in [2.45, 2.75) is 19.8 Å². The fraction of sp³-hybridized carbons (Fsp3) is 0.222. The zero-order valence-corrected chi connectivity index (χ0v) is 12.5. The first-order valence-corrected chi connectivity index (χ1v) is 7.23. The van der Waals surface area contributed by atoms with Crippen LogP contribution >= 0.6 is 0 Å². The van der Waals surface area contributed by atoms with Gasteiger partial charge in [0.1, 0.15) is 12.1 Å². The van der Waals surface area contributed by atoms with Gasteiger partial charge in [0.2, 0.25) is 5.89 Å². The van der Waals surface area contributed by atoms with Crippen molar-refractivity contribution in [3.8, 4) is 11.5 Å². The molecule has 3 aromatic rings. The number of aromatic nitrogens is 1. The molecule has 0 atom stereocenters. The Morgan fingerprint density at radius 2 is 1.91 bits per heavy atom. The number of fused-ring (bicyclic) bond motifs is 1. The van der Waals surface area contributed by atoms with Crippen LogP contribution in [0.5, 0.6) is 0 Å². The maximum Gasteiger partial charge on any atom is 0.227 e. The van der Waals surface area contributed by atoms with Gasteiger partial charge in [-0.3, -0.25) is 4.79 Å². The molecule has 0 aliphatic rings. The number of hydrogen-bond donors (Lipinski definition) is 1. The van der Waals surface area contributed by atoms with Crippen LogP contribution in [0.1, 0.15) is 35.7 Å². The van der Waals surface area contributed by atoms with Gasteiger partial charge in [0.15, 0.2) is 11.4 Å². The number of nitrogens with zero attached hydrogens (tertiary/aromatic N) is 1. The quantitative estimate of drug-likeness (QED) is 0.744. The number of hydrogen-bond acceptors (Lipinski definition) is 4. The van der Waals surface area contributed by atoms with E-state index in [2.05, 4.69) is 31.0 Å². The predicted octanol–water partition coefficient (Wildman–Crippen LogP) is 3.79. The van der Waals surface area contributed by atoms with Crippen LogP contribution in [0.15, 0.2) is 46.9 Å². The summed E-state index contributed by atoms with van der Waals surface area (Å²) in [5.74, 6) is 0.671. The normalized spacial score (nSPS) is 11.3. The molecule has 0 aliphatic heterocycles. The van der Waals surface area contributed by atoms with E-state index in [9.17, 15) is 4.79 Å². The number of benzene rings is 2. The van der Waals surface area contributed by atoms with Gasteiger partial charge in [-0.2, -0.15) is 0 Å². The summed E-state index contributed by atoms with van der Waals surface area (Å²) >= 11 is 0. The number of aliphatic hydroxyl groups is 1. The van der Waals surface area contributed by atoms with Crippen molar-refractivity contribution < 1.29 is 14.3 Å². The van der Waals surface area contributed by atoms with Crippen molar-refractivity contribution in [3.63, 3.8) is 0 Å². The van der Waals surface area contributed by atoms with Crippen molar-refractivity contribution in [2.75, 3.05) is 6.61 Å². The highest BCUT2D eigenvalue weighted by atomic mass is 16.3. The van der Waals surface area contributed by atoms with Gasteiger partial charge in [-0.1, -0.05) is 26.0 Å². The summed E-state index contributed by atoms with van der Waals surface area (Å²) in [5, 5.41) is 8.92. The molecule has 3 rings (SSSR count). The first-order valence-electron chi connectivity index (χ1n) is 7.23. The van der Waals surface area contributed by atoms with Crippen molar-refractivity contribution in [2.24, 2.45) is 0 Å². The highest BCUT2D eigenvalue weighted by Gasteiger charge is 2.11. The van der Waals surface area contributed by atoms with E-state index in [1.54, 1.807) is 18.2 Å². The van der Waals surface area contributed by atoms with E-state index in [1.165, 1.54) is 5.56 Å². The Balaban J connectivity index is 1.99. The topological polar surface area (TPSA) is 63.3 Å². The summed E-state index contributed by atoms with van der Waals surface area (Å²) in [7, 11) is 0. The molecule has 0 saturated heterocycles. The lowest BCUT2D eigenvalue weighted by Crippen LogP contribution is -2.03. The van der Waals surface area contributed by atoms with Crippen LogP contribution in [0.4, 0.5) is 0 Å². The maximum absolute atomic E-state index is 11.5.